The fourth-order valence-corrected chi connectivity index (χ4v) is 3.33. The van der Waals surface area contributed by atoms with Gasteiger partial charge in [0.05, 0.1) is 13.2 Å². The third-order valence-corrected chi connectivity index (χ3v) is 4.66. The van der Waals surface area contributed by atoms with Crippen LogP contribution in [0.3, 0.4) is 0 Å². The van der Waals surface area contributed by atoms with Crippen LogP contribution in [-0.4, -0.2) is 72.1 Å². The Labute approximate surface area is 132 Å². The summed E-state index contributed by atoms with van der Waals surface area (Å²) >= 11 is 0. The Morgan fingerprint density at radius 2 is 2.05 bits per heavy atom. The molecular formula is C16H29N3O3. The summed E-state index contributed by atoms with van der Waals surface area (Å²) < 4.78 is 0. The zero-order valence-corrected chi connectivity index (χ0v) is 13.4. The third-order valence-electron chi connectivity index (χ3n) is 4.66. The van der Waals surface area contributed by atoms with Gasteiger partial charge in [-0.05, 0) is 38.6 Å². The van der Waals surface area contributed by atoms with Crippen molar-refractivity contribution in [2.75, 3.05) is 39.3 Å². The van der Waals surface area contributed by atoms with Gasteiger partial charge in [-0.2, -0.15) is 0 Å². The van der Waals surface area contributed by atoms with E-state index in [1.54, 1.807) is 4.90 Å². The van der Waals surface area contributed by atoms with Crippen LogP contribution < -0.4 is 5.32 Å². The van der Waals surface area contributed by atoms with Crippen molar-refractivity contribution in [3.05, 3.63) is 0 Å². The lowest BCUT2D eigenvalue weighted by molar-refractivity contribution is -0.137. The summed E-state index contributed by atoms with van der Waals surface area (Å²) in [4.78, 5) is 27.5. The van der Waals surface area contributed by atoms with Crippen LogP contribution in [0.25, 0.3) is 0 Å². The number of rotatable bonds is 7. The molecule has 0 saturated carbocycles. The predicted molar refractivity (Wildman–Crippen MR) is 84.4 cm³/mol. The summed E-state index contributed by atoms with van der Waals surface area (Å²) in [5.41, 5.74) is 0. The van der Waals surface area contributed by atoms with Gasteiger partial charge in [0.1, 0.15) is 0 Å². The number of nitrogens with zero attached hydrogens (tertiary/aromatic N) is 2. The van der Waals surface area contributed by atoms with Crippen molar-refractivity contribution < 1.29 is 14.7 Å². The molecule has 2 saturated heterocycles. The third kappa shape index (κ3) is 5.25. The van der Waals surface area contributed by atoms with Crippen LogP contribution in [0.5, 0.6) is 0 Å². The summed E-state index contributed by atoms with van der Waals surface area (Å²) in [7, 11) is 0. The van der Waals surface area contributed by atoms with Crippen molar-refractivity contribution in [1.29, 1.82) is 0 Å². The molecule has 2 rings (SSSR count). The summed E-state index contributed by atoms with van der Waals surface area (Å²) in [6, 6.07) is 0.287. The molecule has 0 radical (unpaired) electrons. The van der Waals surface area contributed by atoms with E-state index in [1.165, 1.54) is 12.8 Å². The molecule has 2 aliphatic heterocycles. The van der Waals surface area contributed by atoms with E-state index in [0.29, 0.717) is 19.5 Å². The fraction of sp³-hybridized carbons (Fsp3) is 0.875. The predicted octanol–water partition coefficient (Wildman–Crippen LogP) is 0.352. The number of carbonyl (C=O) groups is 2. The topological polar surface area (TPSA) is 72.9 Å². The first kappa shape index (κ1) is 17.2. The number of aliphatic hydroxyl groups is 1. The Morgan fingerprint density at radius 1 is 1.23 bits per heavy atom. The number of likely N-dealkylation sites (tertiary alicyclic amines) is 2. The number of amides is 2. The highest BCUT2D eigenvalue weighted by Gasteiger charge is 2.22. The lowest BCUT2D eigenvalue weighted by Crippen LogP contribution is -2.44. The van der Waals surface area contributed by atoms with E-state index in [2.05, 4.69) is 10.2 Å². The normalized spacial score (nSPS) is 23.6. The van der Waals surface area contributed by atoms with E-state index in [4.69, 9.17) is 0 Å². The Hall–Kier alpha value is -1.14. The first-order chi connectivity index (χ1) is 10.7. The molecule has 1 atom stereocenters. The van der Waals surface area contributed by atoms with Gasteiger partial charge < -0.3 is 15.3 Å². The number of nitrogens with one attached hydrogen (secondary N) is 1. The van der Waals surface area contributed by atoms with Crippen molar-refractivity contribution in [2.24, 2.45) is 0 Å². The zero-order chi connectivity index (χ0) is 15.8. The minimum Gasteiger partial charge on any atom is -0.395 e. The van der Waals surface area contributed by atoms with Crippen LogP contribution in [-0.2, 0) is 9.59 Å². The van der Waals surface area contributed by atoms with Crippen LogP contribution in [0, 0.1) is 0 Å². The number of hydrogen-bond acceptors (Lipinski definition) is 4. The summed E-state index contributed by atoms with van der Waals surface area (Å²) in [5, 5.41) is 12.3. The first-order valence-corrected chi connectivity index (χ1v) is 8.60. The highest BCUT2D eigenvalue weighted by molar-refractivity contribution is 5.85. The maximum Gasteiger partial charge on any atom is 0.239 e. The Kier molecular flexibility index (Phi) is 7.12. The number of carbonyl (C=O) groups excluding carboxylic acids is 2. The van der Waals surface area contributed by atoms with Gasteiger partial charge in [-0.25, -0.2) is 0 Å². The minimum absolute atomic E-state index is 0.0624. The monoisotopic (exact) mass is 311 g/mol. The van der Waals surface area contributed by atoms with Gasteiger partial charge in [0.2, 0.25) is 11.8 Å². The Balaban J connectivity index is 1.59. The van der Waals surface area contributed by atoms with Gasteiger partial charge in [0, 0.05) is 32.1 Å². The van der Waals surface area contributed by atoms with Gasteiger partial charge in [0.15, 0.2) is 0 Å². The van der Waals surface area contributed by atoms with Crippen LogP contribution in [0.15, 0.2) is 0 Å². The second-order valence-corrected chi connectivity index (χ2v) is 6.34. The molecule has 0 spiro atoms. The molecule has 0 bridgehead atoms. The number of aliphatic hydroxyl groups excluding tert-OH is 1. The first-order valence-electron chi connectivity index (χ1n) is 8.60. The highest BCUT2D eigenvalue weighted by atomic mass is 16.3. The molecule has 1 unspecified atom stereocenters. The van der Waals surface area contributed by atoms with Gasteiger partial charge in [-0.15, -0.1) is 0 Å². The second kappa shape index (κ2) is 9.10. The van der Waals surface area contributed by atoms with Crippen LogP contribution in [0.1, 0.15) is 44.9 Å². The van der Waals surface area contributed by atoms with Gasteiger partial charge in [0.25, 0.3) is 0 Å². The van der Waals surface area contributed by atoms with Crippen molar-refractivity contribution in [3.8, 4) is 0 Å². The van der Waals surface area contributed by atoms with E-state index >= 15 is 0 Å². The van der Waals surface area contributed by atoms with E-state index in [9.17, 15) is 14.7 Å². The van der Waals surface area contributed by atoms with Crippen molar-refractivity contribution >= 4 is 11.8 Å². The SMILES string of the molecule is O=C(CN1CCCCC1=O)NCCCN1CCCCC1CO. The van der Waals surface area contributed by atoms with E-state index in [-0.39, 0.29) is 31.0 Å². The van der Waals surface area contributed by atoms with Crippen LogP contribution in [0.4, 0.5) is 0 Å². The molecule has 0 aliphatic carbocycles. The average molecular weight is 311 g/mol. The van der Waals surface area contributed by atoms with Gasteiger partial charge in [-0.1, -0.05) is 6.42 Å². The molecule has 2 N–H and O–H groups in total. The zero-order valence-electron chi connectivity index (χ0n) is 13.4. The lowest BCUT2D eigenvalue weighted by atomic mass is 10.0. The van der Waals surface area contributed by atoms with Crippen molar-refractivity contribution in [1.82, 2.24) is 15.1 Å². The largest absolute Gasteiger partial charge is 0.395 e. The second-order valence-electron chi connectivity index (χ2n) is 6.34. The lowest BCUT2D eigenvalue weighted by Gasteiger charge is -2.34. The summed E-state index contributed by atoms with van der Waals surface area (Å²) in [6.07, 6.45) is 6.86. The van der Waals surface area contributed by atoms with E-state index < -0.39 is 0 Å². The Bertz CT molecular complexity index is 376. The summed E-state index contributed by atoms with van der Waals surface area (Å²) in [6.45, 7) is 3.72. The standard InChI is InChI=1S/C16H29N3O3/c20-13-14-6-1-3-9-18(14)11-5-8-17-15(21)12-19-10-4-2-7-16(19)22/h14,20H,1-13H2,(H,17,21). The fourth-order valence-electron chi connectivity index (χ4n) is 3.33. The minimum atomic E-state index is -0.0624. The molecule has 6 heteroatoms. The average Bonchev–Trinajstić information content (AvgIpc) is 2.54. The molecule has 0 aromatic heterocycles. The maximum atomic E-state index is 11.9. The maximum absolute atomic E-state index is 11.9. The van der Waals surface area contributed by atoms with Crippen molar-refractivity contribution in [2.45, 2.75) is 51.0 Å². The molecule has 0 aromatic rings. The molecule has 0 aromatic carbocycles. The van der Waals surface area contributed by atoms with Crippen LogP contribution >= 0.6 is 0 Å². The quantitative estimate of drug-likeness (QED) is 0.666. The number of piperidine rings is 2. The molecule has 6 nitrogen and oxygen atoms in total. The Morgan fingerprint density at radius 3 is 2.82 bits per heavy atom. The molecular weight excluding hydrogens is 282 g/mol. The molecule has 2 amide bonds. The van der Waals surface area contributed by atoms with Crippen LogP contribution in [0.2, 0.25) is 0 Å². The molecule has 126 valence electrons. The van der Waals surface area contributed by atoms with E-state index in [0.717, 1.165) is 38.8 Å². The van der Waals surface area contributed by atoms with Gasteiger partial charge >= 0.3 is 0 Å². The summed E-state index contributed by atoms with van der Waals surface area (Å²) in [5.74, 6) is 0.0353. The van der Waals surface area contributed by atoms with Gasteiger partial charge in [-0.3, -0.25) is 14.5 Å². The molecule has 2 fully saturated rings. The molecule has 2 aliphatic rings. The van der Waals surface area contributed by atoms with E-state index in [1.807, 2.05) is 0 Å². The van der Waals surface area contributed by atoms with Crippen molar-refractivity contribution in [3.63, 3.8) is 0 Å². The molecule has 22 heavy (non-hydrogen) atoms. The number of hydrogen-bond donors (Lipinski definition) is 2. The molecule has 2 heterocycles. The highest BCUT2D eigenvalue weighted by Crippen LogP contribution is 2.16. The smallest absolute Gasteiger partial charge is 0.239 e.